The second kappa shape index (κ2) is 5.71. The van der Waals surface area contributed by atoms with Crippen molar-refractivity contribution in [1.29, 1.82) is 0 Å². The van der Waals surface area contributed by atoms with E-state index >= 15 is 0 Å². The molecule has 0 saturated carbocycles. The van der Waals surface area contributed by atoms with E-state index in [1.54, 1.807) is 12.1 Å². The highest BCUT2D eigenvalue weighted by molar-refractivity contribution is 6.17. The van der Waals surface area contributed by atoms with Crippen LogP contribution in [-0.4, -0.2) is 18.3 Å². The van der Waals surface area contributed by atoms with Crippen LogP contribution in [0.2, 0.25) is 0 Å². The molecular formula is C11H15ClO3. The zero-order valence-electron chi connectivity index (χ0n) is 8.92. The van der Waals surface area contributed by atoms with E-state index < -0.39 is 0 Å². The Balaban J connectivity index is 3.08. The average molecular weight is 231 g/mol. The van der Waals surface area contributed by atoms with Crippen LogP contribution in [0.15, 0.2) is 12.1 Å². The number of phenols is 1. The van der Waals surface area contributed by atoms with Gasteiger partial charge in [-0.1, -0.05) is 0 Å². The van der Waals surface area contributed by atoms with Crippen LogP contribution in [0.1, 0.15) is 19.4 Å². The lowest BCUT2D eigenvalue weighted by molar-refractivity contribution is 0.308. The number of hydrogen-bond acceptors (Lipinski definition) is 3. The molecule has 0 spiro atoms. The van der Waals surface area contributed by atoms with Gasteiger partial charge in [-0.05, 0) is 26.0 Å². The maximum Gasteiger partial charge on any atom is 0.165 e. The average Bonchev–Trinajstić information content (AvgIpc) is 2.23. The van der Waals surface area contributed by atoms with Crippen LogP contribution >= 0.6 is 11.6 Å². The fourth-order valence-corrected chi connectivity index (χ4v) is 1.55. The molecule has 0 aliphatic carbocycles. The lowest BCUT2D eigenvalue weighted by Crippen LogP contribution is -1.98. The van der Waals surface area contributed by atoms with Gasteiger partial charge in [0.2, 0.25) is 0 Å². The minimum atomic E-state index is 0.0674. The summed E-state index contributed by atoms with van der Waals surface area (Å²) in [5.41, 5.74) is 0.574. The van der Waals surface area contributed by atoms with Gasteiger partial charge in [-0.3, -0.25) is 0 Å². The zero-order chi connectivity index (χ0) is 11.3. The van der Waals surface area contributed by atoms with E-state index in [9.17, 15) is 5.11 Å². The Bertz CT molecular complexity index is 326. The normalized spacial score (nSPS) is 10.1. The van der Waals surface area contributed by atoms with E-state index in [0.717, 1.165) is 0 Å². The van der Waals surface area contributed by atoms with Crippen molar-refractivity contribution in [1.82, 2.24) is 0 Å². The van der Waals surface area contributed by atoms with E-state index in [1.165, 1.54) is 0 Å². The van der Waals surface area contributed by atoms with Crippen molar-refractivity contribution in [2.45, 2.75) is 19.7 Å². The first-order valence-corrected chi connectivity index (χ1v) is 5.44. The maximum atomic E-state index is 9.84. The number of hydrogen-bond donors (Lipinski definition) is 1. The van der Waals surface area contributed by atoms with Gasteiger partial charge in [0, 0.05) is 0 Å². The molecule has 0 aromatic heterocycles. The summed E-state index contributed by atoms with van der Waals surface area (Å²) in [6.07, 6.45) is 0. The van der Waals surface area contributed by atoms with Crippen molar-refractivity contribution < 1.29 is 14.6 Å². The number of aromatic hydroxyl groups is 1. The van der Waals surface area contributed by atoms with Crippen LogP contribution in [0.3, 0.4) is 0 Å². The van der Waals surface area contributed by atoms with Crippen molar-refractivity contribution in [3.8, 4) is 17.2 Å². The molecule has 1 rings (SSSR count). The first kappa shape index (κ1) is 12.0. The Labute approximate surface area is 94.6 Å². The summed E-state index contributed by atoms with van der Waals surface area (Å²) >= 11 is 5.75. The molecule has 15 heavy (non-hydrogen) atoms. The van der Waals surface area contributed by atoms with E-state index in [4.69, 9.17) is 21.1 Å². The van der Waals surface area contributed by atoms with E-state index in [-0.39, 0.29) is 11.6 Å². The second-order valence-corrected chi connectivity index (χ2v) is 3.16. The summed E-state index contributed by atoms with van der Waals surface area (Å²) in [6, 6.07) is 3.44. The second-order valence-electron chi connectivity index (χ2n) is 2.89. The summed E-state index contributed by atoms with van der Waals surface area (Å²) in [6.45, 7) is 4.78. The van der Waals surface area contributed by atoms with Crippen LogP contribution in [0.5, 0.6) is 17.2 Å². The highest BCUT2D eigenvalue weighted by Crippen LogP contribution is 2.37. The molecule has 0 bridgehead atoms. The molecule has 0 fully saturated rings. The highest BCUT2D eigenvalue weighted by Gasteiger charge is 2.13. The Hall–Kier alpha value is -1.09. The van der Waals surface area contributed by atoms with Crippen LogP contribution in [0, 0.1) is 0 Å². The summed E-state index contributed by atoms with van der Waals surface area (Å²) in [5.74, 6) is 1.31. The number of benzene rings is 1. The summed E-state index contributed by atoms with van der Waals surface area (Å²) in [5, 5.41) is 9.84. The first-order chi connectivity index (χ1) is 7.24. The van der Waals surface area contributed by atoms with E-state index in [0.29, 0.717) is 30.3 Å². The molecule has 1 aromatic rings. The molecule has 0 heterocycles. The lowest BCUT2D eigenvalue weighted by Gasteiger charge is -2.13. The third-order valence-electron chi connectivity index (χ3n) is 1.94. The van der Waals surface area contributed by atoms with Gasteiger partial charge in [0.1, 0.15) is 5.75 Å². The number of ether oxygens (including phenoxy) is 2. The van der Waals surface area contributed by atoms with Crippen molar-refractivity contribution in [3.63, 3.8) is 0 Å². The Morgan fingerprint density at radius 2 is 1.67 bits per heavy atom. The smallest absolute Gasteiger partial charge is 0.165 e. The van der Waals surface area contributed by atoms with E-state index in [1.807, 2.05) is 13.8 Å². The van der Waals surface area contributed by atoms with Crippen molar-refractivity contribution in [3.05, 3.63) is 17.7 Å². The maximum absolute atomic E-state index is 9.84. The molecule has 0 radical (unpaired) electrons. The van der Waals surface area contributed by atoms with Crippen LogP contribution in [0.25, 0.3) is 0 Å². The number of alkyl halides is 1. The third kappa shape index (κ3) is 2.69. The molecule has 1 aromatic carbocycles. The number of halogens is 1. The molecule has 84 valence electrons. The number of phenolic OH excluding ortho intramolecular Hbond substituents is 1. The molecule has 3 nitrogen and oxygen atoms in total. The fraction of sp³-hybridized carbons (Fsp3) is 0.455. The summed E-state index contributed by atoms with van der Waals surface area (Å²) in [4.78, 5) is 0. The standard InChI is InChI=1S/C11H15ClO3/c1-3-14-9-5-6-10(15-4-2)11(13)8(9)7-12/h5-6,13H,3-4,7H2,1-2H3. The Morgan fingerprint density at radius 1 is 1.13 bits per heavy atom. The highest BCUT2D eigenvalue weighted by atomic mass is 35.5. The minimum Gasteiger partial charge on any atom is -0.504 e. The summed E-state index contributed by atoms with van der Waals surface area (Å²) < 4.78 is 10.6. The molecule has 0 amide bonds. The van der Waals surface area contributed by atoms with E-state index in [2.05, 4.69) is 0 Å². The van der Waals surface area contributed by atoms with Crippen molar-refractivity contribution in [2.75, 3.05) is 13.2 Å². The topological polar surface area (TPSA) is 38.7 Å². The molecule has 0 atom stereocenters. The van der Waals surface area contributed by atoms with Gasteiger partial charge in [0.05, 0.1) is 24.7 Å². The molecule has 0 unspecified atom stereocenters. The minimum absolute atomic E-state index is 0.0674. The van der Waals surface area contributed by atoms with Crippen LogP contribution in [-0.2, 0) is 5.88 Å². The van der Waals surface area contributed by atoms with Gasteiger partial charge in [0.25, 0.3) is 0 Å². The van der Waals surface area contributed by atoms with Crippen LogP contribution < -0.4 is 9.47 Å². The van der Waals surface area contributed by atoms with Crippen molar-refractivity contribution >= 4 is 11.6 Å². The fourth-order valence-electron chi connectivity index (χ4n) is 1.29. The molecule has 4 heteroatoms. The summed E-state index contributed by atoms with van der Waals surface area (Å²) in [7, 11) is 0. The van der Waals surface area contributed by atoms with Gasteiger partial charge in [0.15, 0.2) is 11.5 Å². The quantitative estimate of drug-likeness (QED) is 0.791. The molecule has 0 aliphatic rings. The predicted molar refractivity (Wildman–Crippen MR) is 60.0 cm³/mol. The largest absolute Gasteiger partial charge is 0.504 e. The lowest BCUT2D eigenvalue weighted by atomic mass is 10.2. The molecule has 1 N–H and O–H groups in total. The van der Waals surface area contributed by atoms with Crippen molar-refractivity contribution in [2.24, 2.45) is 0 Å². The zero-order valence-corrected chi connectivity index (χ0v) is 9.67. The molecule has 0 saturated heterocycles. The monoisotopic (exact) mass is 230 g/mol. The molecule has 0 aliphatic heterocycles. The van der Waals surface area contributed by atoms with Gasteiger partial charge in [-0.2, -0.15) is 0 Å². The Morgan fingerprint density at radius 3 is 2.20 bits per heavy atom. The predicted octanol–water partition coefficient (Wildman–Crippen LogP) is 2.93. The van der Waals surface area contributed by atoms with Gasteiger partial charge >= 0.3 is 0 Å². The Kier molecular flexibility index (Phi) is 4.56. The van der Waals surface area contributed by atoms with Gasteiger partial charge in [-0.25, -0.2) is 0 Å². The number of rotatable bonds is 5. The SMILES string of the molecule is CCOc1ccc(OCC)c(CCl)c1O. The van der Waals surface area contributed by atoms with Gasteiger partial charge < -0.3 is 14.6 Å². The molecular weight excluding hydrogens is 216 g/mol. The first-order valence-electron chi connectivity index (χ1n) is 4.90. The third-order valence-corrected chi connectivity index (χ3v) is 2.20. The van der Waals surface area contributed by atoms with Crippen LogP contribution in [0.4, 0.5) is 0 Å². The van der Waals surface area contributed by atoms with Gasteiger partial charge in [-0.15, -0.1) is 11.6 Å².